The summed E-state index contributed by atoms with van der Waals surface area (Å²) in [6, 6.07) is 5.49. The Hall–Kier alpha value is -1.33. The van der Waals surface area contributed by atoms with Gasteiger partial charge in [-0.2, -0.15) is 5.10 Å². The molecule has 1 unspecified atom stereocenters. The number of carbonyl (C=O) groups is 1. The van der Waals surface area contributed by atoms with Gasteiger partial charge >= 0.3 is 5.97 Å². The second kappa shape index (κ2) is 5.75. The molecule has 1 heterocycles. The highest BCUT2D eigenvalue weighted by Crippen LogP contribution is 2.23. The quantitative estimate of drug-likeness (QED) is 0.800. The standard InChI is InChI=1S/C13H12BrClN2O2/c1-8(13(18)19-2)9-6-16-17(7-9)12-4-10(14)3-11(15)5-12/h3-8H,1-2H3. The van der Waals surface area contributed by atoms with Crippen molar-refractivity contribution >= 4 is 33.5 Å². The molecule has 1 aromatic heterocycles. The van der Waals surface area contributed by atoms with Crippen LogP contribution in [0.4, 0.5) is 0 Å². The molecule has 0 amide bonds. The van der Waals surface area contributed by atoms with Crippen LogP contribution in [0.5, 0.6) is 0 Å². The molecule has 0 N–H and O–H groups in total. The first-order valence-electron chi connectivity index (χ1n) is 5.60. The third kappa shape index (κ3) is 3.16. The average molecular weight is 344 g/mol. The molecule has 0 radical (unpaired) electrons. The number of methoxy groups -OCH3 is 1. The zero-order valence-corrected chi connectivity index (χ0v) is 12.8. The first-order chi connectivity index (χ1) is 9.01. The molecule has 100 valence electrons. The van der Waals surface area contributed by atoms with Gasteiger partial charge in [0.2, 0.25) is 0 Å². The van der Waals surface area contributed by atoms with E-state index in [1.165, 1.54) is 7.11 Å². The lowest BCUT2D eigenvalue weighted by atomic mass is 10.1. The van der Waals surface area contributed by atoms with E-state index >= 15 is 0 Å². The third-order valence-corrected chi connectivity index (χ3v) is 3.45. The molecule has 0 aliphatic carbocycles. The highest BCUT2D eigenvalue weighted by atomic mass is 79.9. The van der Waals surface area contributed by atoms with Crippen molar-refractivity contribution in [1.29, 1.82) is 0 Å². The maximum atomic E-state index is 11.5. The summed E-state index contributed by atoms with van der Waals surface area (Å²) in [4.78, 5) is 11.5. The minimum Gasteiger partial charge on any atom is -0.469 e. The van der Waals surface area contributed by atoms with Crippen LogP contribution in [0.1, 0.15) is 18.4 Å². The molecule has 0 bridgehead atoms. The summed E-state index contributed by atoms with van der Waals surface area (Å²) in [5.74, 6) is -0.631. The van der Waals surface area contributed by atoms with Crippen LogP contribution in [0.2, 0.25) is 5.02 Å². The van der Waals surface area contributed by atoms with Crippen LogP contribution >= 0.6 is 27.5 Å². The molecule has 0 saturated carbocycles. The number of esters is 1. The molecule has 0 spiro atoms. The van der Waals surface area contributed by atoms with Crippen molar-refractivity contribution in [3.63, 3.8) is 0 Å². The number of carbonyl (C=O) groups excluding carboxylic acids is 1. The van der Waals surface area contributed by atoms with Gasteiger partial charge in [-0.1, -0.05) is 27.5 Å². The predicted octanol–water partition coefficient (Wildman–Crippen LogP) is 3.56. The minimum atomic E-state index is -0.346. The molecule has 6 heteroatoms. The first-order valence-corrected chi connectivity index (χ1v) is 6.77. The van der Waals surface area contributed by atoms with Crippen molar-refractivity contribution in [2.75, 3.05) is 7.11 Å². The number of rotatable bonds is 3. The summed E-state index contributed by atoms with van der Waals surface area (Å²) < 4.78 is 7.26. The summed E-state index contributed by atoms with van der Waals surface area (Å²) in [6.07, 6.45) is 3.44. The van der Waals surface area contributed by atoms with E-state index in [9.17, 15) is 4.79 Å². The fourth-order valence-electron chi connectivity index (χ4n) is 1.69. The molecule has 2 aromatic rings. The Morgan fingerprint density at radius 2 is 2.21 bits per heavy atom. The molecule has 0 aliphatic heterocycles. The number of benzene rings is 1. The highest BCUT2D eigenvalue weighted by molar-refractivity contribution is 9.10. The topological polar surface area (TPSA) is 44.1 Å². The summed E-state index contributed by atoms with van der Waals surface area (Å²) in [6.45, 7) is 1.78. The lowest BCUT2D eigenvalue weighted by Gasteiger charge is -2.06. The van der Waals surface area contributed by atoms with Crippen LogP contribution in [0.25, 0.3) is 5.69 Å². The van der Waals surface area contributed by atoms with Gasteiger partial charge in [0.1, 0.15) is 0 Å². The molecule has 1 aromatic carbocycles. The van der Waals surface area contributed by atoms with E-state index in [0.717, 1.165) is 15.7 Å². The minimum absolute atomic E-state index is 0.285. The molecule has 0 aliphatic rings. The highest BCUT2D eigenvalue weighted by Gasteiger charge is 2.17. The fraction of sp³-hybridized carbons (Fsp3) is 0.231. The van der Waals surface area contributed by atoms with Gasteiger partial charge in [0, 0.05) is 21.3 Å². The molecule has 0 fully saturated rings. The lowest BCUT2D eigenvalue weighted by molar-refractivity contribution is -0.141. The second-order valence-electron chi connectivity index (χ2n) is 4.09. The van der Waals surface area contributed by atoms with Gasteiger partial charge in [-0.3, -0.25) is 4.79 Å². The number of halogens is 2. The summed E-state index contributed by atoms with van der Waals surface area (Å²) >= 11 is 9.38. The van der Waals surface area contributed by atoms with Gasteiger partial charge in [-0.05, 0) is 25.1 Å². The Bertz CT molecular complexity index is 592. The maximum absolute atomic E-state index is 11.5. The normalized spacial score (nSPS) is 12.2. The monoisotopic (exact) mass is 342 g/mol. The van der Waals surface area contributed by atoms with Crippen molar-refractivity contribution < 1.29 is 9.53 Å². The SMILES string of the molecule is COC(=O)C(C)c1cnn(-c2cc(Cl)cc(Br)c2)c1. The van der Waals surface area contributed by atoms with Crippen molar-refractivity contribution in [3.05, 3.63) is 45.7 Å². The van der Waals surface area contributed by atoms with Crippen molar-refractivity contribution in [2.24, 2.45) is 0 Å². The van der Waals surface area contributed by atoms with Crippen LogP contribution in [0.3, 0.4) is 0 Å². The van der Waals surface area contributed by atoms with Gasteiger partial charge in [-0.15, -0.1) is 0 Å². The van der Waals surface area contributed by atoms with Crippen molar-refractivity contribution in [3.8, 4) is 5.69 Å². The molecule has 1 atom stereocenters. The summed E-state index contributed by atoms with van der Waals surface area (Å²) in [5, 5.41) is 4.85. The largest absolute Gasteiger partial charge is 0.469 e. The van der Waals surface area contributed by atoms with Crippen molar-refractivity contribution in [1.82, 2.24) is 9.78 Å². The zero-order chi connectivity index (χ0) is 14.0. The van der Waals surface area contributed by atoms with Crippen LogP contribution in [-0.4, -0.2) is 22.9 Å². The molecular weight excluding hydrogens is 332 g/mol. The number of ether oxygens (including phenoxy) is 1. The van der Waals surface area contributed by atoms with E-state index in [1.54, 1.807) is 36.1 Å². The van der Waals surface area contributed by atoms with Crippen LogP contribution in [0.15, 0.2) is 35.1 Å². The Morgan fingerprint density at radius 3 is 2.84 bits per heavy atom. The fourth-order valence-corrected chi connectivity index (χ4v) is 2.53. The predicted molar refractivity (Wildman–Crippen MR) is 76.7 cm³/mol. The van der Waals surface area contributed by atoms with E-state index in [1.807, 2.05) is 6.07 Å². The van der Waals surface area contributed by atoms with E-state index < -0.39 is 0 Å². The molecule has 0 saturated heterocycles. The van der Waals surface area contributed by atoms with Crippen molar-refractivity contribution in [2.45, 2.75) is 12.8 Å². The van der Waals surface area contributed by atoms with Crippen LogP contribution < -0.4 is 0 Å². The number of aromatic nitrogens is 2. The number of hydrogen-bond acceptors (Lipinski definition) is 3. The molecule has 4 nitrogen and oxygen atoms in total. The van der Waals surface area contributed by atoms with E-state index in [2.05, 4.69) is 21.0 Å². The Labute approximate surface area is 124 Å². The average Bonchev–Trinajstić information content (AvgIpc) is 2.85. The zero-order valence-electron chi connectivity index (χ0n) is 10.4. The molecular formula is C13H12BrClN2O2. The Kier molecular flexibility index (Phi) is 4.27. The Morgan fingerprint density at radius 1 is 1.47 bits per heavy atom. The molecule has 19 heavy (non-hydrogen) atoms. The third-order valence-electron chi connectivity index (χ3n) is 2.77. The summed E-state index contributed by atoms with van der Waals surface area (Å²) in [7, 11) is 1.37. The summed E-state index contributed by atoms with van der Waals surface area (Å²) in [5.41, 5.74) is 1.62. The van der Waals surface area contributed by atoms with Gasteiger partial charge in [0.15, 0.2) is 0 Å². The number of hydrogen-bond donors (Lipinski definition) is 0. The van der Waals surface area contributed by atoms with Gasteiger partial charge in [0.05, 0.1) is 24.9 Å². The van der Waals surface area contributed by atoms with Gasteiger partial charge < -0.3 is 4.74 Å². The Balaban J connectivity index is 2.33. The van der Waals surface area contributed by atoms with Crippen LogP contribution in [0, 0.1) is 0 Å². The smallest absolute Gasteiger partial charge is 0.312 e. The van der Waals surface area contributed by atoms with Crippen LogP contribution in [-0.2, 0) is 9.53 Å². The van der Waals surface area contributed by atoms with Gasteiger partial charge in [0.25, 0.3) is 0 Å². The second-order valence-corrected chi connectivity index (χ2v) is 5.44. The first kappa shape index (κ1) is 14.1. The lowest BCUT2D eigenvalue weighted by Crippen LogP contribution is -2.09. The van der Waals surface area contributed by atoms with E-state index in [-0.39, 0.29) is 11.9 Å². The van der Waals surface area contributed by atoms with E-state index in [4.69, 9.17) is 16.3 Å². The van der Waals surface area contributed by atoms with Gasteiger partial charge in [-0.25, -0.2) is 4.68 Å². The maximum Gasteiger partial charge on any atom is 0.312 e. The van der Waals surface area contributed by atoms with E-state index in [0.29, 0.717) is 5.02 Å². The number of nitrogens with zero attached hydrogens (tertiary/aromatic N) is 2. The molecule has 2 rings (SSSR count).